The van der Waals surface area contributed by atoms with Crippen molar-refractivity contribution in [3.05, 3.63) is 0 Å². The smallest absolute Gasteiger partial charge is 0.303 e. The lowest BCUT2D eigenvalue weighted by Gasteiger charge is -2.44. The molecule has 0 bridgehead atoms. The Kier molecular flexibility index (Phi) is 7.36. The second kappa shape index (κ2) is 11.0. The maximum atomic E-state index is 11.9. The molecule has 0 aromatic heterocycles. The van der Waals surface area contributed by atoms with Gasteiger partial charge in [-0.15, -0.1) is 0 Å². The molecule has 0 saturated carbocycles. The van der Waals surface area contributed by atoms with Crippen LogP contribution in [0.2, 0.25) is 0 Å². The van der Waals surface area contributed by atoms with E-state index in [9.17, 15) is 19.2 Å². The summed E-state index contributed by atoms with van der Waals surface area (Å²) in [6.07, 6.45) is -8.70. The molecule has 1 saturated heterocycles. The third kappa shape index (κ3) is 8.13. The Morgan fingerprint density at radius 1 is 0.867 bits per heavy atom. The van der Waals surface area contributed by atoms with Crippen LogP contribution in [-0.2, 0) is 47.6 Å². The largest absolute Gasteiger partial charge is 0.463 e. The number of nitrogens with one attached hydrogen (secondary N) is 1. The Balaban J connectivity index is 3.48. The summed E-state index contributed by atoms with van der Waals surface area (Å²) in [6, 6.07) is 0. The van der Waals surface area contributed by atoms with Crippen LogP contribution in [0.1, 0.15) is 33.1 Å². The number of rotatable bonds is 6. The van der Waals surface area contributed by atoms with Crippen molar-refractivity contribution in [3.8, 4) is 0 Å². The lowest BCUT2D eigenvalue weighted by molar-refractivity contribution is -0.292. The fourth-order valence-electron chi connectivity index (χ4n) is 2.32. The first-order chi connectivity index (χ1) is 15.9. The number of hydrogen-bond acceptors (Lipinski definition) is 11. The zero-order valence-corrected chi connectivity index (χ0v) is 17.4. The molecule has 1 N–H and O–H groups in total. The summed E-state index contributed by atoms with van der Waals surface area (Å²) in [4.78, 5) is 47.1. The molecule has 0 amide bonds. The van der Waals surface area contributed by atoms with Gasteiger partial charge in [-0.05, 0) is 0 Å². The summed E-state index contributed by atoms with van der Waals surface area (Å²) in [6.45, 7) is -4.19. The van der Waals surface area contributed by atoms with Crippen molar-refractivity contribution in [3.63, 3.8) is 0 Å². The Morgan fingerprint density at radius 2 is 1.37 bits per heavy atom. The number of esters is 4. The standard InChI is InChI=1S/C16H20Cl3NO10/c1-6(21)25-5-10-11(26-7(2)22)12(27-8(3)23)13(28-9(4)24)14(29-10)30-15(20)16(17,18)19/h10-14,20H,5H2,1-4H3/t10-,11+,12+,13-,14?/m1/s1/i1D,2D,3D,4D. The van der Waals surface area contributed by atoms with Gasteiger partial charge in [0.2, 0.25) is 18.3 Å². The highest BCUT2D eigenvalue weighted by Gasteiger charge is 2.54. The molecule has 0 spiro atoms. The minimum absolute atomic E-state index is 0.706. The normalized spacial score (nSPS) is 27.9. The highest BCUT2D eigenvalue weighted by atomic mass is 35.6. The minimum Gasteiger partial charge on any atom is -0.463 e. The van der Waals surface area contributed by atoms with Crippen molar-refractivity contribution in [2.24, 2.45) is 0 Å². The Labute approximate surface area is 192 Å². The van der Waals surface area contributed by atoms with Gasteiger partial charge in [-0.2, -0.15) is 0 Å². The fourth-order valence-corrected chi connectivity index (χ4v) is 2.46. The van der Waals surface area contributed by atoms with Crippen molar-refractivity contribution in [2.75, 3.05) is 6.61 Å². The number of hydrogen-bond donors (Lipinski definition) is 1. The molecule has 1 aliphatic rings. The van der Waals surface area contributed by atoms with Gasteiger partial charge in [0, 0.05) is 33.1 Å². The van der Waals surface area contributed by atoms with Gasteiger partial charge >= 0.3 is 23.9 Å². The molecule has 30 heavy (non-hydrogen) atoms. The first kappa shape index (κ1) is 20.1. The van der Waals surface area contributed by atoms with Crippen molar-refractivity contribution in [1.29, 1.82) is 5.41 Å². The molecule has 1 rings (SSSR count). The molecule has 0 aromatic rings. The lowest BCUT2D eigenvalue weighted by Crippen LogP contribution is -2.63. The second-order valence-corrected chi connectivity index (χ2v) is 7.82. The Hall–Kier alpha value is -1.82. The fraction of sp³-hybridized carbons (Fsp3) is 0.688. The van der Waals surface area contributed by atoms with Crippen LogP contribution in [-0.4, -0.2) is 70.9 Å². The molecule has 0 aliphatic carbocycles. The quantitative estimate of drug-likeness (QED) is 0.188. The van der Waals surface area contributed by atoms with Gasteiger partial charge in [0.1, 0.15) is 12.7 Å². The van der Waals surface area contributed by atoms with Crippen LogP contribution in [0.3, 0.4) is 0 Å². The maximum Gasteiger partial charge on any atom is 0.303 e. The molecule has 11 nitrogen and oxygen atoms in total. The maximum absolute atomic E-state index is 11.9. The summed E-state index contributed by atoms with van der Waals surface area (Å²) < 4.78 is 56.8. The molecular weight excluding hydrogens is 473 g/mol. The van der Waals surface area contributed by atoms with Crippen molar-refractivity contribution < 1.29 is 53.1 Å². The van der Waals surface area contributed by atoms with Crippen molar-refractivity contribution >= 4 is 64.6 Å². The predicted molar refractivity (Wildman–Crippen MR) is 101 cm³/mol. The Morgan fingerprint density at radius 3 is 1.87 bits per heavy atom. The summed E-state index contributed by atoms with van der Waals surface area (Å²) in [5.41, 5.74) is 0. The van der Waals surface area contributed by atoms with Crippen LogP contribution in [0, 0.1) is 5.41 Å². The third-order valence-corrected chi connectivity index (χ3v) is 3.81. The third-order valence-electron chi connectivity index (χ3n) is 3.29. The number of carbonyl (C=O) groups is 4. The number of halogens is 3. The molecule has 1 aliphatic heterocycles. The van der Waals surface area contributed by atoms with Crippen LogP contribution in [0.4, 0.5) is 0 Å². The molecule has 5 atom stereocenters. The molecular formula is C16H20Cl3NO10. The zero-order chi connectivity index (χ0) is 26.1. The predicted octanol–water partition coefficient (Wildman–Crippen LogP) is 1.43. The van der Waals surface area contributed by atoms with Gasteiger partial charge in [-0.3, -0.25) is 24.6 Å². The first-order valence-corrected chi connectivity index (χ1v) is 8.90. The van der Waals surface area contributed by atoms with E-state index in [-0.39, 0.29) is 0 Å². The van der Waals surface area contributed by atoms with Gasteiger partial charge in [0.15, 0.2) is 12.2 Å². The molecule has 1 heterocycles. The van der Waals surface area contributed by atoms with Crippen LogP contribution in [0.5, 0.6) is 0 Å². The van der Waals surface area contributed by atoms with E-state index in [4.69, 9.17) is 74.1 Å². The van der Waals surface area contributed by atoms with Crippen LogP contribution in [0.15, 0.2) is 0 Å². The zero-order valence-electron chi connectivity index (χ0n) is 19.1. The topological polar surface area (TPSA) is 148 Å². The molecule has 0 aromatic carbocycles. The minimum atomic E-state index is -2.41. The van der Waals surface area contributed by atoms with Gasteiger partial charge in [-0.1, -0.05) is 34.8 Å². The second-order valence-electron chi connectivity index (χ2n) is 5.53. The van der Waals surface area contributed by atoms with Crippen molar-refractivity contribution in [2.45, 2.75) is 62.1 Å². The number of alkyl halides is 3. The number of ether oxygens (including phenoxy) is 6. The van der Waals surface area contributed by atoms with Gasteiger partial charge in [-0.25, -0.2) is 0 Å². The van der Waals surface area contributed by atoms with E-state index < -0.39 is 98.5 Å². The molecule has 0 radical (unpaired) electrons. The SMILES string of the molecule is [2H]CC(=O)OC[C@H]1OC(OC(=N)C(Cl)(Cl)Cl)[C@H](OC(=O)C[2H])[C@@H](OC(=O)C[2H])[C@H]1OC(=O)C[2H]. The summed E-state index contributed by atoms with van der Waals surface area (Å²) >= 11 is 16.8. The molecule has 1 fully saturated rings. The van der Waals surface area contributed by atoms with E-state index in [0.717, 1.165) is 0 Å². The van der Waals surface area contributed by atoms with E-state index in [1.165, 1.54) is 0 Å². The average molecular weight is 497 g/mol. The number of carbonyl (C=O) groups excluding carboxylic acids is 4. The highest BCUT2D eigenvalue weighted by molar-refractivity contribution is 6.76. The van der Waals surface area contributed by atoms with Crippen molar-refractivity contribution in [1.82, 2.24) is 0 Å². The first-order valence-electron chi connectivity index (χ1n) is 10.6. The molecule has 14 heteroatoms. The average Bonchev–Trinajstić information content (AvgIpc) is 2.79. The van der Waals surface area contributed by atoms with Crippen LogP contribution >= 0.6 is 34.8 Å². The van der Waals surface area contributed by atoms with E-state index in [1.807, 2.05) is 0 Å². The van der Waals surface area contributed by atoms with E-state index >= 15 is 0 Å². The molecule has 1 unspecified atom stereocenters. The van der Waals surface area contributed by atoms with E-state index in [2.05, 4.69) is 0 Å². The molecule has 170 valence electrons. The van der Waals surface area contributed by atoms with E-state index in [0.29, 0.717) is 0 Å². The monoisotopic (exact) mass is 495 g/mol. The summed E-state index contributed by atoms with van der Waals surface area (Å²) in [5.74, 6) is -5.54. The van der Waals surface area contributed by atoms with Gasteiger partial charge in [0.25, 0.3) is 3.79 Å². The van der Waals surface area contributed by atoms with E-state index in [1.54, 1.807) is 0 Å². The lowest BCUT2D eigenvalue weighted by atomic mass is 9.98. The van der Waals surface area contributed by atoms with Gasteiger partial charge < -0.3 is 28.4 Å². The van der Waals surface area contributed by atoms with Crippen LogP contribution in [0.25, 0.3) is 0 Å². The highest BCUT2D eigenvalue weighted by Crippen LogP contribution is 2.33. The van der Waals surface area contributed by atoms with Crippen LogP contribution < -0.4 is 0 Å². The van der Waals surface area contributed by atoms with Gasteiger partial charge in [0.05, 0.1) is 0 Å². The summed E-state index contributed by atoms with van der Waals surface area (Å²) in [5, 5.41) is 7.76. The Bertz CT molecular complexity index is 772. The summed E-state index contributed by atoms with van der Waals surface area (Å²) in [7, 11) is 0.